The number of aryl methyl sites for hydroxylation is 1. The molecule has 2 heterocycles. The number of nitrogens with zero attached hydrogens (tertiary/aromatic N) is 2. The number of carbonyl (C=O) groups excluding carboxylic acids is 1. The highest BCUT2D eigenvalue weighted by Gasteiger charge is 2.17. The van der Waals surface area contributed by atoms with Crippen molar-refractivity contribution in [1.29, 1.82) is 0 Å². The fraction of sp³-hybridized carbons (Fsp3) is 0.182. The second-order valence-corrected chi connectivity index (χ2v) is 7.87. The maximum atomic E-state index is 13.0. The molecule has 5 nitrogen and oxygen atoms in total. The summed E-state index contributed by atoms with van der Waals surface area (Å²) in [5.41, 5.74) is 2.56. The molecule has 0 aliphatic rings. The van der Waals surface area contributed by atoms with Crippen LogP contribution in [0.25, 0.3) is 10.2 Å². The molecule has 4 aromatic rings. The molecule has 29 heavy (non-hydrogen) atoms. The van der Waals surface area contributed by atoms with Crippen molar-refractivity contribution in [3.63, 3.8) is 0 Å². The van der Waals surface area contributed by atoms with Crippen LogP contribution >= 0.6 is 11.3 Å². The van der Waals surface area contributed by atoms with Crippen LogP contribution in [0.3, 0.4) is 0 Å². The first-order valence-corrected chi connectivity index (χ1v) is 10.1. The van der Waals surface area contributed by atoms with E-state index in [4.69, 9.17) is 0 Å². The standard InChI is InChI=1S/C22H20FN3O2S/c1-14-18-11-20(21(28)24-12-19(27)16-7-9-17(23)10-8-16)29-22(18)26(25-14)13-15-5-3-2-4-6-15/h2-11,19,27H,12-13H2,1H3,(H,24,28). The molecule has 1 unspecified atom stereocenters. The second kappa shape index (κ2) is 8.14. The van der Waals surface area contributed by atoms with E-state index in [0.29, 0.717) is 17.0 Å². The number of carbonyl (C=O) groups is 1. The molecule has 0 saturated carbocycles. The molecule has 148 valence electrons. The van der Waals surface area contributed by atoms with Crippen molar-refractivity contribution in [3.8, 4) is 0 Å². The Labute approximate surface area is 171 Å². The lowest BCUT2D eigenvalue weighted by Gasteiger charge is -2.11. The molecule has 2 aromatic carbocycles. The van der Waals surface area contributed by atoms with Gasteiger partial charge in [-0.15, -0.1) is 11.3 Å². The highest BCUT2D eigenvalue weighted by atomic mass is 32.1. The number of aliphatic hydroxyl groups excluding tert-OH is 1. The lowest BCUT2D eigenvalue weighted by Crippen LogP contribution is -2.27. The molecular weight excluding hydrogens is 389 g/mol. The number of benzene rings is 2. The van der Waals surface area contributed by atoms with Crippen molar-refractivity contribution in [2.45, 2.75) is 19.6 Å². The van der Waals surface area contributed by atoms with Crippen molar-refractivity contribution in [1.82, 2.24) is 15.1 Å². The zero-order chi connectivity index (χ0) is 20.4. The van der Waals surface area contributed by atoms with E-state index in [1.165, 1.54) is 35.6 Å². The monoisotopic (exact) mass is 409 g/mol. The van der Waals surface area contributed by atoms with Crippen LogP contribution in [0, 0.1) is 12.7 Å². The number of fused-ring (bicyclic) bond motifs is 1. The molecule has 0 bridgehead atoms. The van der Waals surface area contributed by atoms with E-state index in [9.17, 15) is 14.3 Å². The van der Waals surface area contributed by atoms with Crippen molar-refractivity contribution >= 4 is 27.5 Å². The van der Waals surface area contributed by atoms with Crippen LogP contribution in [0.2, 0.25) is 0 Å². The van der Waals surface area contributed by atoms with Crippen LogP contribution in [0.5, 0.6) is 0 Å². The van der Waals surface area contributed by atoms with Gasteiger partial charge in [0.15, 0.2) is 0 Å². The Morgan fingerprint density at radius 3 is 2.66 bits per heavy atom. The van der Waals surface area contributed by atoms with Gasteiger partial charge in [-0.05, 0) is 36.2 Å². The van der Waals surface area contributed by atoms with Crippen molar-refractivity contribution in [2.75, 3.05) is 6.54 Å². The molecule has 0 radical (unpaired) electrons. The maximum absolute atomic E-state index is 13.0. The van der Waals surface area contributed by atoms with Crippen LogP contribution < -0.4 is 5.32 Å². The fourth-order valence-electron chi connectivity index (χ4n) is 3.17. The topological polar surface area (TPSA) is 67.2 Å². The van der Waals surface area contributed by atoms with E-state index in [1.54, 1.807) is 0 Å². The molecule has 0 saturated heterocycles. The number of rotatable bonds is 6. The number of halogens is 1. The Morgan fingerprint density at radius 1 is 1.21 bits per heavy atom. The second-order valence-electron chi connectivity index (χ2n) is 6.84. The summed E-state index contributed by atoms with van der Waals surface area (Å²) in [6.45, 7) is 2.61. The number of thiophene rings is 1. The first-order valence-electron chi connectivity index (χ1n) is 9.24. The Balaban J connectivity index is 1.48. The SMILES string of the molecule is Cc1nn(Cc2ccccc2)c2sc(C(=O)NCC(O)c3ccc(F)cc3)cc12. The minimum atomic E-state index is -0.899. The summed E-state index contributed by atoms with van der Waals surface area (Å²) in [5, 5.41) is 18.5. The molecule has 2 aromatic heterocycles. The third-order valence-corrected chi connectivity index (χ3v) is 5.86. The highest BCUT2D eigenvalue weighted by Crippen LogP contribution is 2.29. The minimum absolute atomic E-state index is 0.0494. The predicted molar refractivity (Wildman–Crippen MR) is 112 cm³/mol. The number of amides is 1. The number of nitrogens with one attached hydrogen (secondary N) is 1. The number of aromatic nitrogens is 2. The van der Waals surface area contributed by atoms with Crippen molar-refractivity contribution in [2.24, 2.45) is 0 Å². The quantitative estimate of drug-likeness (QED) is 0.505. The van der Waals surface area contributed by atoms with E-state index < -0.39 is 6.10 Å². The van der Waals surface area contributed by atoms with Crippen LogP contribution in [-0.4, -0.2) is 27.3 Å². The van der Waals surface area contributed by atoms with Crippen molar-refractivity contribution < 1.29 is 14.3 Å². The molecule has 1 amide bonds. The molecule has 0 aliphatic carbocycles. The summed E-state index contributed by atoms with van der Waals surface area (Å²) in [5.74, 6) is -0.617. The van der Waals surface area contributed by atoms with E-state index >= 15 is 0 Å². The Bertz CT molecular complexity index is 1140. The van der Waals surface area contributed by atoms with Crippen molar-refractivity contribution in [3.05, 3.63) is 88.2 Å². The molecule has 2 N–H and O–H groups in total. The van der Waals surface area contributed by atoms with Crippen LogP contribution in [-0.2, 0) is 6.54 Å². The lowest BCUT2D eigenvalue weighted by atomic mass is 10.1. The van der Waals surface area contributed by atoms with E-state index in [2.05, 4.69) is 10.4 Å². The third kappa shape index (κ3) is 4.21. The molecular formula is C22H20FN3O2S. The van der Waals surface area contributed by atoms with Crippen LogP contribution in [0.15, 0.2) is 60.7 Å². The maximum Gasteiger partial charge on any atom is 0.261 e. The Hall–Kier alpha value is -3.03. The van der Waals surface area contributed by atoms with E-state index in [-0.39, 0.29) is 18.3 Å². The summed E-state index contributed by atoms with van der Waals surface area (Å²) in [4.78, 5) is 14.1. The summed E-state index contributed by atoms with van der Waals surface area (Å²) in [6.07, 6.45) is -0.899. The Kier molecular flexibility index (Phi) is 5.42. The predicted octanol–water partition coefficient (Wildman–Crippen LogP) is 4.06. The van der Waals surface area contributed by atoms with Gasteiger partial charge in [-0.25, -0.2) is 4.39 Å². The van der Waals surface area contributed by atoms with Gasteiger partial charge in [-0.1, -0.05) is 42.5 Å². The largest absolute Gasteiger partial charge is 0.387 e. The average Bonchev–Trinajstić information content (AvgIpc) is 3.29. The number of hydrogen-bond donors (Lipinski definition) is 2. The fourth-order valence-corrected chi connectivity index (χ4v) is 4.24. The van der Waals surface area contributed by atoms with Gasteiger partial charge in [-0.3, -0.25) is 9.48 Å². The third-order valence-electron chi connectivity index (χ3n) is 4.72. The van der Waals surface area contributed by atoms with Gasteiger partial charge in [0.2, 0.25) is 0 Å². The van der Waals surface area contributed by atoms with Crippen LogP contribution in [0.1, 0.15) is 32.6 Å². The van der Waals surface area contributed by atoms with Gasteiger partial charge >= 0.3 is 0 Å². The molecule has 0 fully saturated rings. The zero-order valence-corrected chi connectivity index (χ0v) is 16.6. The molecule has 1 atom stereocenters. The summed E-state index contributed by atoms with van der Waals surface area (Å²) >= 11 is 1.38. The first-order chi connectivity index (χ1) is 14.0. The van der Waals surface area contributed by atoms with Gasteiger partial charge in [0.05, 0.1) is 23.2 Å². The lowest BCUT2D eigenvalue weighted by molar-refractivity contribution is 0.0920. The van der Waals surface area contributed by atoms with Gasteiger partial charge in [0.1, 0.15) is 10.6 Å². The van der Waals surface area contributed by atoms with Crippen LogP contribution in [0.4, 0.5) is 4.39 Å². The smallest absolute Gasteiger partial charge is 0.261 e. The molecule has 0 aliphatic heterocycles. The van der Waals surface area contributed by atoms with Gasteiger partial charge in [0.25, 0.3) is 5.91 Å². The highest BCUT2D eigenvalue weighted by molar-refractivity contribution is 7.20. The minimum Gasteiger partial charge on any atom is -0.387 e. The average molecular weight is 409 g/mol. The first kappa shape index (κ1) is 19.3. The molecule has 7 heteroatoms. The Morgan fingerprint density at radius 2 is 1.93 bits per heavy atom. The number of hydrogen-bond acceptors (Lipinski definition) is 4. The van der Waals surface area contributed by atoms with E-state index in [0.717, 1.165) is 21.5 Å². The summed E-state index contributed by atoms with van der Waals surface area (Å²) in [7, 11) is 0. The van der Waals surface area contributed by atoms with E-state index in [1.807, 2.05) is 48.0 Å². The normalized spacial score (nSPS) is 12.2. The summed E-state index contributed by atoms with van der Waals surface area (Å²) < 4.78 is 14.9. The number of aliphatic hydroxyl groups is 1. The van der Waals surface area contributed by atoms with Gasteiger partial charge in [-0.2, -0.15) is 5.10 Å². The zero-order valence-electron chi connectivity index (χ0n) is 15.8. The molecule has 4 rings (SSSR count). The van der Waals surface area contributed by atoms with Gasteiger partial charge < -0.3 is 10.4 Å². The molecule has 0 spiro atoms. The summed E-state index contributed by atoms with van der Waals surface area (Å²) in [6, 6.07) is 17.5. The van der Waals surface area contributed by atoms with Gasteiger partial charge in [0, 0.05) is 11.9 Å².